The number of carbonyl (C=O) groups excluding carboxylic acids is 1. The average molecular weight is 382 g/mol. The lowest BCUT2D eigenvalue weighted by atomic mass is 10.1. The van der Waals surface area contributed by atoms with Crippen LogP contribution in [0, 0.1) is 0 Å². The molecule has 1 N–H and O–H groups in total. The molecule has 0 radical (unpaired) electrons. The predicted molar refractivity (Wildman–Crippen MR) is 107 cm³/mol. The summed E-state index contributed by atoms with van der Waals surface area (Å²) in [6, 6.07) is 22.3. The van der Waals surface area contributed by atoms with Crippen molar-refractivity contribution in [3.05, 3.63) is 95.1 Å². The Balaban J connectivity index is 1.76. The zero-order chi connectivity index (χ0) is 18.2. The highest BCUT2D eigenvalue weighted by molar-refractivity contribution is 7.99. The zero-order valence-corrected chi connectivity index (χ0v) is 15.4. The average Bonchev–Trinajstić information content (AvgIpc) is 2.69. The van der Waals surface area contributed by atoms with Gasteiger partial charge in [0.1, 0.15) is 0 Å². The van der Waals surface area contributed by atoms with E-state index in [2.05, 4.69) is 15.5 Å². The van der Waals surface area contributed by atoms with Gasteiger partial charge in [0.05, 0.1) is 10.7 Å². The van der Waals surface area contributed by atoms with E-state index in [0.29, 0.717) is 16.3 Å². The maximum Gasteiger partial charge on any atom is 0.271 e. The molecule has 26 heavy (non-hydrogen) atoms. The van der Waals surface area contributed by atoms with Crippen molar-refractivity contribution >= 4 is 35.0 Å². The van der Waals surface area contributed by atoms with Gasteiger partial charge in [0.25, 0.3) is 5.91 Å². The van der Waals surface area contributed by atoms with Gasteiger partial charge in [-0.3, -0.25) is 4.79 Å². The van der Waals surface area contributed by atoms with Gasteiger partial charge >= 0.3 is 0 Å². The fraction of sp³-hybridized carbons (Fsp3) is 0.0500. The van der Waals surface area contributed by atoms with Crippen molar-refractivity contribution in [2.75, 3.05) is 5.75 Å². The fourth-order valence-corrected chi connectivity index (χ4v) is 3.21. The van der Waals surface area contributed by atoms with Crippen LogP contribution in [0.2, 0.25) is 5.02 Å². The molecule has 0 unspecified atom stereocenters. The smallest absolute Gasteiger partial charge is 0.267 e. The summed E-state index contributed by atoms with van der Waals surface area (Å²) in [6.45, 7) is 0. The van der Waals surface area contributed by atoms with Crippen LogP contribution in [-0.2, 0) is 0 Å². The molecule has 3 aromatic rings. The number of nitrogens with one attached hydrogen (secondary N) is 1. The van der Waals surface area contributed by atoms with E-state index in [4.69, 9.17) is 11.6 Å². The first kappa shape index (κ1) is 18.2. The summed E-state index contributed by atoms with van der Waals surface area (Å²) in [7, 11) is 0. The number of pyridine rings is 1. The molecule has 0 atom stereocenters. The van der Waals surface area contributed by atoms with Crippen LogP contribution in [0.3, 0.4) is 0 Å². The Hall–Kier alpha value is -2.63. The van der Waals surface area contributed by atoms with E-state index in [1.807, 2.05) is 48.5 Å². The van der Waals surface area contributed by atoms with Gasteiger partial charge in [-0.1, -0.05) is 65.8 Å². The minimum atomic E-state index is -0.302. The monoisotopic (exact) mass is 381 g/mol. The van der Waals surface area contributed by atoms with Gasteiger partial charge in [0.15, 0.2) is 0 Å². The molecular formula is C20H16ClN3OS. The number of halogens is 1. The van der Waals surface area contributed by atoms with Crippen LogP contribution in [0.5, 0.6) is 0 Å². The lowest BCUT2D eigenvalue weighted by molar-refractivity contribution is 0.0955. The lowest BCUT2D eigenvalue weighted by Crippen LogP contribution is -2.21. The number of hydrogen-bond acceptors (Lipinski definition) is 4. The molecule has 6 heteroatoms. The van der Waals surface area contributed by atoms with Gasteiger partial charge < -0.3 is 0 Å². The van der Waals surface area contributed by atoms with Gasteiger partial charge in [-0.2, -0.15) is 5.10 Å². The Labute approximate surface area is 161 Å². The molecule has 1 aromatic heterocycles. The summed E-state index contributed by atoms with van der Waals surface area (Å²) in [5.74, 6) is 0.278. The third kappa shape index (κ3) is 5.18. The van der Waals surface area contributed by atoms with Crippen molar-refractivity contribution in [1.82, 2.24) is 10.4 Å². The molecule has 0 saturated heterocycles. The van der Waals surface area contributed by atoms with Crippen LogP contribution in [0.15, 0.2) is 89.1 Å². The number of nitrogens with zero attached hydrogens (tertiary/aromatic N) is 2. The molecule has 0 fully saturated rings. The molecule has 0 bridgehead atoms. The van der Waals surface area contributed by atoms with Gasteiger partial charge in [0.2, 0.25) is 0 Å². The molecule has 0 spiro atoms. The summed E-state index contributed by atoms with van der Waals surface area (Å²) < 4.78 is 0. The maximum absolute atomic E-state index is 12.3. The van der Waals surface area contributed by atoms with Crippen molar-refractivity contribution in [3.8, 4) is 0 Å². The van der Waals surface area contributed by atoms with E-state index in [9.17, 15) is 4.79 Å². The number of benzene rings is 2. The Kier molecular flexibility index (Phi) is 6.41. The summed E-state index contributed by atoms with van der Waals surface area (Å²) in [4.78, 5) is 16.6. The second kappa shape index (κ2) is 9.17. The number of hydrazone groups is 1. The third-order valence-corrected chi connectivity index (χ3v) is 4.67. The van der Waals surface area contributed by atoms with Crippen LogP contribution >= 0.6 is 23.4 Å². The number of carbonyl (C=O) groups is 1. The summed E-state index contributed by atoms with van der Waals surface area (Å²) in [5.41, 5.74) is 4.79. The number of hydrogen-bond donors (Lipinski definition) is 1. The van der Waals surface area contributed by atoms with Crippen molar-refractivity contribution in [1.29, 1.82) is 0 Å². The summed E-state index contributed by atoms with van der Waals surface area (Å²) >= 11 is 7.50. The molecule has 3 rings (SSSR count). The van der Waals surface area contributed by atoms with Crippen molar-refractivity contribution in [2.45, 2.75) is 5.03 Å². The minimum absolute atomic E-state index is 0.302. The SMILES string of the molecule is O=C(N/N=C(\CSc1ccccn1)c1ccccc1)c1cccc(Cl)c1. The Bertz CT molecular complexity index is 901. The van der Waals surface area contributed by atoms with Crippen molar-refractivity contribution in [3.63, 3.8) is 0 Å². The number of rotatable bonds is 6. The lowest BCUT2D eigenvalue weighted by Gasteiger charge is -2.08. The van der Waals surface area contributed by atoms with Crippen LogP contribution in [-0.4, -0.2) is 22.4 Å². The van der Waals surface area contributed by atoms with Crippen LogP contribution in [0.1, 0.15) is 15.9 Å². The van der Waals surface area contributed by atoms with Gasteiger partial charge in [-0.05, 0) is 35.9 Å². The normalized spacial score (nSPS) is 11.2. The van der Waals surface area contributed by atoms with Gasteiger partial charge in [-0.25, -0.2) is 10.4 Å². The van der Waals surface area contributed by atoms with E-state index in [-0.39, 0.29) is 5.91 Å². The molecular weight excluding hydrogens is 366 g/mol. The topological polar surface area (TPSA) is 54.4 Å². The van der Waals surface area contributed by atoms with Gasteiger partial charge in [0, 0.05) is 22.5 Å². The highest BCUT2D eigenvalue weighted by Gasteiger charge is 2.09. The second-order valence-corrected chi connectivity index (χ2v) is 6.76. The fourth-order valence-electron chi connectivity index (χ4n) is 2.20. The second-order valence-electron chi connectivity index (χ2n) is 5.33. The van der Waals surface area contributed by atoms with E-state index in [1.54, 1.807) is 42.2 Å². The molecule has 0 aliphatic heterocycles. The number of thioether (sulfide) groups is 1. The van der Waals surface area contributed by atoms with E-state index < -0.39 is 0 Å². The first-order valence-electron chi connectivity index (χ1n) is 7.94. The Morgan fingerprint density at radius 3 is 2.50 bits per heavy atom. The molecule has 2 aromatic carbocycles. The molecule has 1 heterocycles. The molecule has 0 saturated carbocycles. The van der Waals surface area contributed by atoms with Crippen molar-refractivity contribution < 1.29 is 4.79 Å². The van der Waals surface area contributed by atoms with Crippen LogP contribution in [0.25, 0.3) is 0 Å². The quantitative estimate of drug-likeness (QED) is 0.384. The van der Waals surface area contributed by atoms with E-state index >= 15 is 0 Å². The highest BCUT2D eigenvalue weighted by atomic mass is 35.5. The predicted octanol–water partition coefficient (Wildman–Crippen LogP) is 4.66. The van der Waals surface area contributed by atoms with Crippen LogP contribution in [0.4, 0.5) is 0 Å². The first-order valence-corrected chi connectivity index (χ1v) is 9.30. The number of amides is 1. The maximum atomic E-state index is 12.3. The summed E-state index contributed by atoms with van der Waals surface area (Å²) in [5, 5.41) is 5.75. The minimum Gasteiger partial charge on any atom is -0.267 e. The van der Waals surface area contributed by atoms with E-state index in [1.165, 1.54) is 0 Å². The molecule has 1 amide bonds. The summed E-state index contributed by atoms with van der Waals surface area (Å²) in [6.07, 6.45) is 1.75. The zero-order valence-electron chi connectivity index (χ0n) is 13.8. The van der Waals surface area contributed by atoms with Crippen LogP contribution < -0.4 is 5.43 Å². The third-order valence-electron chi connectivity index (χ3n) is 3.48. The highest BCUT2D eigenvalue weighted by Crippen LogP contribution is 2.17. The molecule has 130 valence electrons. The first-order chi connectivity index (χ1) is 12.7. The molecule has 0 aliphatic rings. The molecule has 0 aliphatic carbocycles. The van der Waals surface area contributed by atoms with E-state index in [0.717, 1.165) is 16.3 Å². The Morgan fingerprint density at radius 2 is 1.77 bits per heavy atom. The molecule has 4 nitrogen and oxygen atoms in total. The van der Waals surface area contributed by atoms with Crippen molar-refractivity contribution in [2.24, 2.45) is 5.10 Å². The number of aromatic nitrogens is 1. The largest absolute Gasteiger partial charge is 0.271 e. The van der Waals surface area contributed by atoms with Gasteiger partial charge in [-0.15, -0.1) is 0 Å². The Morgan fingerprint density at radius 1 is 1.00 bits per heavy atom. The standard InChI is InChI=1S/C20H16ClN3OS/c21-17-10-6-9-16(13-17)20(25)24-23-18(15-7-2-1-3-8-15)14-26-19-11-4-5-12-22-19/h1-13H,14H2,(H,24,25)/b23-18+.